The standard InChI is InChI=1S/C20H20N6O5S2/c21-18-17-19(23-10-22-18)26(16-8-14(27)15(31-16)9-24-33(28,29)30)25-20(17)32-13-6-5-11-3-1-2-4-12(11)7-13/h1-7,10,14-16,24,27H,8-9H2,(H2,21,22,23)(H,28,29,30)/t14-,15-,16+/m0/s1. The second-order valence-corrected chi connectivity index (χ2v) is 9.88. The fourth-order valence-corrected chi connectivity index (χ4v) is 5.16. The number of benzene rings is 2. The molecule has 33 heavy (non-hydrogen) atoms. The lowest BCUT2D eigenvalue weighted by Gasteiger charge is -2.15. The van der Waals surface area contributed by atoms with Crippen LogP contribution in [-0.4, -0.2) is 56.6 Å². The van der Waals surface area contributed by atoms with Crippen LogP contribution in [0.2, 0.25) is 0 Å². The minimum Gasteiger partial charge on any atom is -0.390 e. The molecule has 1 saturated heterocycles. The van der Waals surface area contributed by atoms with Gasteiger partial charge in [-0.1, -0.05) is 42.1 Å². The molecule has 0 aliphatic carbocycles. The smallest absolute Gasteiger partial charge is 0.333 e. The number of aliphatic hydroxyl groups is 1. The number of aromatic nitrogens is 4. The number of fused-ring (bicyclic) bond motifs is 2. The molecule has 5 rings (SSSR count). The third kappa shape index (κ3) is 4.51. The Balaban J connectivity index is 1.47. The number of aliphatic hydroxyl groups excluding tert-OH is 1. The van der Waals surface area contributed by atoms with E-state index >= 15 is 0 Å². The molecule has 1 aliphatic rings. The number of anilines is 1. The summed E-state index contributed by atoms with van der Waals surface area (Å²) in [5.74, 6) is 0.262. The molecular weight excluding hydrogens is 468 g/mol. The summed E-state index contributed by atoms with van der Waals surface area (Å²) in [4.78, 5) is 9.36. The number of nitrogen functional groups attached to an aromatic ring is 1. The molecule has 13 heteroatoms. The molecule has 2 aromatic heterocycles. The number of nitrogens with zero attached hydrogens (tertiary/aromatic N) is 4. The molecule has 1 fully saturated rings. The van der Waals surface area contributed by atoms with Crippen LogP contribution in [0.1, 0.15) is 12.6 Å². The molecule has 5 N–H and O–H groups in total. The van der Waals surface area contributed by atoms with Gasteiger partial charge in [-0.05, 0) is 22.9 Å². The van der Waals surface area contributed by atoms with Crippen molar-refractivity contribution in [1.29, 1.82) is 0 Å². The summed E-state index contributed by atoms with van der Waals surface area (Å²) in [7, 11) is -4.41. The highest BCUT2D eigenvalue weighted by atomic mass is 32.2. The van der Waals surface area contributed by atoms with Crippen molar-refractivity contribution in [3.8, 4) is 0 Å². The van der Waals surface area contributed by atoms with Crippen LogP contribution in [0.4, 0.5) is 5.82 Å². The van der Waals surface area contributed by atoms with Gasteiger partial charge in [0.1, 0.15) is 17.2 Å². The average Bonchev–Trinajstić information content (AvgIpc) is 3.33. The van der Waals surface area contributed by atoms with Gasteiger partial charge in [0, 0.05) is 17.9 Å². The summed E-state index contributed by atoms with van der Waals surface area (Å²) in [6.07, 6.45) is -1.08. The maximum absolute atomic E-state index is 11.0. The SMILES string of the molecule is Nc1ncnc2c1c(Sc1ccc3ccccc3c1)nn2[C@H]1C[C@H](O)[C@H](CNS(=O)(=O)O)O1. The molecule has 3 heterocycles. The summed E-state index contributed by atoms with van der Waals surface area (Å²) in [5, 5.41) is 18.4. The van der Waals surface area contributed by atoms with Crippen LogP contribution in [0.3, 0.4) is 0 Å². The first-order valence-electron chi connectivity index (χ1n) is 9.99. The van der Waals surface area contributed by atoms with Crippen molar-refractivity contribution < 1.29 is 22.8 Å². The molecule has 4 aromatic rings. The first kappa shape index (κ1) is 22.0. The summed E-state index contributed by atoms with van der Waals surface area (Å²) >= 11 is 1.41. The zero-order valence-corrected chi connectivity index (χ0v) is 18.7. The number of rotatable bonds is 6. The van der Waals surface area contributed by atoms with Crippen molar-refractivity contribution in [2.75, 3.05) is 12.3 Å². The Morgan fingerprint density at radius 2 is 2.00 bits per heavy atom. The molecular formula is C20H20N6O5S2. The summed E-state index contributed by atoms with van der Waals surface area (Å²) in [6, 6.07) is 14.1. The highest BCUT2D eigenvalue weighted by molar-refractivity contribution is 7.99. The van der Waals surface area contributed by atoms with Gasteiger partial charge in [0.05, 0.1) is 17.6 Å². The van der Waals surface area contributed by atoms with Crippen LogP contribution < -0.4 is 10.5 Å². The summed E-state index contributed by atoms with van der Waals surface area (Å²) in [6.45, 7) is -0.286. The second-order valence-electron chi connectivity index (χ2n) is 7.57. The average molecular weight is 489 g/mol. The van der Waals surface area contributed by atoms with Crippen molar-refractivity contribution in [2.24, 2.45) is 0 Å². The largest absolute Gasteiger partial charge is 0.390 e. The molecule has 0 saturated carbocycles. The number of nitrogens with one attached hydrogen (secondary N) is 1. The van der Waals surface area contributed by atoms with E-state index in [1.807, 2.05) is 41.1 Å². The van der Waals surface area contributed by atoms with Crippen molar-refractivity contribution >= 4 is 49.7 Å². The van der Waals surface area contributed by atoms with E-state index in [1.54, 1.807) is 0 Å². The van der Waals surface area contributed by atoms with Gasteiger partial charge in [0.2, 0.25) is 0 Å². The number of hydrogen-bond donors (Lipinski definition) is 4. The number of hydrogen-bond acceptors (Lipinski definition) is 9. The van der Waals surface area contributed by atoms with Gasteiger partial charge < -0.3 is 15.6 Å². The molecule has 0 unspecified atom stereocenters. The Morgan fingerprint density at radius 1 is 1.21 bits per heavy atom. The molecule has 0 bridgehead atoms. The Kier molecular flexibility index (Phi) is 5.68. The molecule has 2 aromatic carbocycles. The topological polar surface area (TPSA) is 165 Å². The van der Waals surface area contributed by atoms with Crippen LogP contribution in [0.5, 0.6) is 0 Å². The van der Waals surface area contributed by atoms with E-state index in [0.717, 1.165) is 15.7 Å². The predicted octanol–water partition coefficient (Wildman–Crippen LogP) is 1.75. The highest BCUT2D eigenvalue weighted by Gasteiger charge is 2.37. The molecule has 0 radical (unpaired) electrons. The van der Waals surface area contributed by atoms with E-state index < -0.39 is 28.7 Å². The van der Waals surface area contributed by atoms with Crippen LogP contribution in [0.15, 0.2) is 58.7 Å². The maximum atomic E-state index is 11.0. The van der Waals surface area contributed by atoms with Crippen molar-refractivity contribution in [2.45, 2.75) is 34.8 Å². The van der Waals surface area contributed by atoms with Gasteiger partial charge in [-0.25, -0.2) is 14.6 Å². The maximum Gasteiger partial charge on any atom is 0.333 e. The zero-order valence-electron chi connectivity index (χ0n) is 17.1. The van der Waals surface area contributed by atoms with Crippen LogP contribution >= 0.6 is 11.8 Å². The lowest BCUT2D eigenvalue weighted by molar-refractivity contribution is -0.0190. The van der Waals surface area contributed by atoms with Crippen molar-refractivity contribution in [3.05, 3.63) is 48.8 Å². The Labute approximate surface area is 192 Å². The quantitative estimate of drug-likeness (QED) is 0.294. The normalized spacial score (nSPS) is 21.2. The fourth-order valence-electron chi connectivity index (χ4n) is 3.81. The third-order valence-corrected chi connectivity index (χ3v) is 6.87. The summed E-state index contributed by atoms with van der Waals surface area (Å²) < 4.78 is 40.1. The van der Waals surface area contributed by atoms with Gasteiger partial charge in [-0.15, -0.1) is 0 Å². The van der Waals surface area contributed by atoms with E-state index in [1.165, 1.54) is 22.8 Å². The Bertz CT molecular complexity index is 1440. The Morgan fingerprint density at radius 3 is 2.79 bits per heavy atom. The first-order chi connectivity index (χ1) is 15.8. The molecule has 1 aliphatic heterocycles. The monoisotopic (exact) mass is 488 g/mol. The first-order valence-corrected chi connectivity index (χ1v) is 12.2. The minimum atomic E-state index is -4.41. The van der Waals surface area contributed by atoms with Crippen LogP contribution in [0.25, 0.3) is 21.8 Å². The number of nitrogens with two attached hydrogens (primary N) is 1. The van der Waals surface area contributed by atoms with E-state index in [2.05, 4.69) is 21.1 Å². The van der Waals surface area contributed by atoms with Crippen molar-refractivity contribution in [1.82, 2.24) is 24.5 Å². The summed E-state index contributed by atoms with van der Waals surface area (Å²) in [5.41, 5.74) is 6.59. The van der Waals surface area contributed by atoms with E-state index in [-0.39, 0.29) is 18.8 Å². The lowest BCUT2D eigenvalue weighted by atomic mass is 10.1. The van der Waals surface area contributed by atoms with E-state index in [0.29, 0.717) is 16.1 Å². The highest BCUT2D eigenvalue weighted by Crippen LogP contribution is 2.38. The van der Waals surface area contributed by atoms with Crippen molar-refractivity contribution in [3.63, 3.8) is 0 Å². The predicted molar refractivity (Wildman–Crippen MR) is 122 cm³/mol. The molecule has 0 amide bonds. The molecule has 0 spiro atoms. The molecule has 3 atom stereocenters. The second kappa shape index (κ2) is 8.52. The van der Waals surface area contributed by atoms with E-state index in [9.17, 15) is 13.5 Å². The minimum absolute atomic E-state index is 0.151. The van der Waals surface area contributed by atoms with E-state index in [4.69, 9.17) is 15.0 Å². The van der Waals surface area contributed by atoms with Gasteiger partial charge in [-0.2, -0.15) is 18.2 Å². The van der Waals surface area contributed by atoms with Gasteiger partial charge in [0.15, 0.2) is 11.9 Å². The lowest BCUT2D eigenvalue weighted by Crippen LogP contribution is -2.36. The van der Waals surface area contributed by atoms with Crippen LogP contribution in [-0.2, 0) is 15.0 Å². The zero-order chi connectivity index (χ0) is 23.2. The number of ether oxygens (including phenoxy) is 1. The van der Waals surface area contributed by atoms with Gasteiger partial charge in [0.25, 0.3) is 0 Å². The third-order valence-electron chi connectivity index (χ3n) is 5.37. The molecule has 172 valence electrons. The fraction of sp³-hybridized carbons (Fsp3) is 0.250. The van der Waals surface area contributed by atoms with Gasteiger partial charge >= 0.3 is 10.3 Å². The molecule has 11 nitrogen and oxygen atoms in total. The Hall–Kier alpha value is -2.81. The van der Waals surface area contributed by atoms with Crippen LogP contribution in [0, 0.1) is 0 Å². The van der Waals surface area contributed by atoms with Gasteiger partial charge in [-0.3, -0.25) is 4.55 Å².